The number of fused-ring (bicyclic) bond motifs is 7. The van der Waals surface area contributed by atoms with Crippen LogP contribution < -0.4 is 10.2 Å². The van der Waals surface area contributed by atoms with Crippen molar-refractivity contribution in [2.45, 2.75) is 57.0 Å². The predicted molar refractivity (Wildman–Crippen MR) is 281 cm³/mol. The SMILES string of the molecule is C1=CCCC(C2N=C(c3cc(-c4cc(C5=CCCC=C5)cc(-c5ccccc5)c4)ccc3C3=CCCc4c3oc3c5c(ccc43)C3CC=CC=C3N5c3ccccc3)N=C(c3ccccc3)N2)=C1. The smallest absolute Gasteiger partial charge is 0.160 e. The molecule has 7 aromatic rings. The van der Waals surface area contributed by atoms with E-state index in [4.69, 9.17) is 14.4 Å². The number of rotatable bonds is 8. The van der Waals surface area contributed by atoms with Gasteiger partial charge in [0.1, 0.15) is 17.8 Å². The highest BCUT2D eigenvalue weighted by atomic mass is 16.3. The molecule has 5 nitrogen and oxygen atoms in total. The Bertz CT molecular complexity index is 3450. The number of anilines is 2. The van der Waals surface area contributed by atoms with Crippen molar-refractivity contribution in [1.29, 1.82) is 0 Å². The fourth-order valence-electron chi connectivity index (χ4n) is 11.1. The minimum atomic E-state index is -0.266. The van der Waals surface area contributed by atoms with Crippen LogP contribution in [0.4, 0.5) is 11.4 Å². The molecule has 0 fully saturated rings. The number of amidine groups is 2. The third kappa shape index (κ3) is 7.09. The molecule has 1 N–H and O–H groups in total. The summed E-state index contributed by atoms with van der Waals surface area (Å²) in [7, 11) is 0. The second kappa shape index (κ2) is 17.0. The molecule has 0 radical (unpaired) electrons. The van der Waals surface area contributed by atoms with Crippen molar-refractivity contribution < 1.29 is 4.42 Å². The predicted octanol–water partition coefficient (Wildman–Crippen LogP) is 15.4. The highest BCUT2D eigenvalue weighted by Gasteiger charge is 2.39. The summed E-state index contributed by atoms with van der Waals surface area (Å²) in [5.74, 6) is 2.74. The van der Waals surface area contributed by atoms with Gasteiger partial charge in [-0.25, -0.2) is 9.98 Å². The quantitative estimate of drug-likeness (QED) is 0.165. The molecule has 0 spiro atoms. The molecule has 1 aromatic heterocycles. The van der Waals surface area contributed by atoms with E-state index in [0.29, 0.717) is 5.84 Å². The molecular weight excluding hydrogens is 829 g/mol. The monoisotopic (exact) mass is 878 g/mol. The van der Waals surface area contributed by atoms with Crippen LogP contribution in [0.2, 0.25) is 0 Å². The van der Waals surface area contributed by atoms with Crippen molar-refractivity contribution in [3.8, 4) is 22.3 Å². The van der Waals surface area contributed by atoms with Crippen molar-refractivity contribution >= 4 is 45.2 Å². The van der Waals surface area contributed by atoms with E-state index in [-0.39, 0.29) is 12.1 Å². The standard InChI is InChI=1S/C63H50N4O/c1-6-19-41(20-7-1)46-37-47(42-21-8-2-9-22-42)39-48(38-46)45-33-34-50(56(40-45)63-65-61(43-23-10-3-11-24-43)64-62(66-63)44-25-12-4-13-26-44)53-30-18-31-54-55-36-35-52-51-29-16-17-32-57(51)67(49-27-14-5-15-28-49)58(52)60(55)68-59(53)54/h1,3-8,10-12,14-17,19-25,27-28,30,32-40,51,62H,2,9,13,18,26,29,31H2,(H,64,65,66). The first-order valence-corrected chi connectivity index (χ1v) is 24.3. The van der Waals surface area contributed by atoms with Crippen LogP contribution in [0.1, 0.15) is 83.6 Å². The summed E-state index contributed by atoms with van der Waals surface area (Å²) in [4.78, 5) is 13.5. The third-order valence-electron chi connectivity index (χ3n) is 14.4. The number of hydrogen-bond acceptors (Lipinski definition) is 5. The molecule has 68 heavy (non-hydrogen) atoms. The van der Waals surface area contributed by atoms with Gasteiger partial charge in [0, 0.05) is 45.0 Å². The Hall–Kier alpha value is -8.02. The van der Waals surface area contributed by atoms with Gasteiger partial charge >= 0.3 is 0 Å². The maximum atomic E-state index is 7.39. The van der Waals surface area contributed by atoms with Gasteiger partial charge in [0.2, 0.25) is 0 Å². The molecule has 0 amide bonds. The zero-order chi connectivity index (χ0) is 45.0. The van der Waals surface area contributed by atoms with Crippen molar-refractivity contribution in [2.75, 3.05) is 4.90 Å². The number of nitrogens with one attached hydrogen (secondary N) is 1. The van der Waals surface area contributed by atoms with Crippen molar-refractivity contribution in [2.24, 2.45) is 9.98 Å². The average molecular weight is 879 g/mol. The molecule has 2 atom stereocenters. The van der Waals surface area contributed by atoms with Gasteiger partial charge in [0.05, 0.1) is 5.69 Å². The summed E-state index contributed by atoms with van der Waals surface area (Å²) in [5, 5.41) is 4.94. The average Bonchev–Trinajstić information content (AvgIpc) is 3.98. The molecular formula is C63H50N4O. The van der Waals surface area contributed by atoms with Gasteiger partial charge in [-0.2, -0.15) is 0 Å². The number of para-hydroxylation sites is 1. The van der Waals surface area contributed by atoms with Gasteiger partial charge in [-0.15, -0.1) is 0 Å². The number of hydrogen-bond donors (Lipinski definition) is 1. The van der Waals surface area contributed by atoms with Crippen molar-refractivity contribution in [3.05, 3.63) is 251 Å². The van der Waals surface area contributed by atoms with E-state index in [1.807, 2.05) is 0 Å². The maximum Gasteiger partial charge on any atom is 0.160 e. The van der Waals surface area contributed by atoms with Gasteiger partial charge in [-0.3, -0.25) is 0 Å². The molecule has 0 saturated heterocycles. The molecule has 328 valence electrons. The van der Waals surface area contributed by atoms with Crippen LogP contribution in [0.3, 0.4) is 0 Å². The van der Waals surface area contributed by atoms with Gasteiger partial charge < -0.3 is 14.6 Å². The van der Waals surface area contributed by atoms with Gasteiger partial charge in [-0.1, -0.05) is 158 Å². The largest absolute Gasteiger partial charge is 0.454 e. The summed E-state index contributed by atoms with van der Waals surface area (Å²) in [6.07, 6.45) is 29.3. The van der Waals surface area contributed by atoms with Crippen LogP contribution in [0.25, 0.3) is 44.4 Å². The van der Waals surface area contributed by atoms with Gasteiger partial charge in [0.15, 0.2) is 11.4 Å². The first-order valence-electron chi connectivity index (χ1n) is 24.3. The zero-order valence-corrected chi connectivity index (χ0v) is 37.9. The Morgan fingerprint density at radius 2 is 1.38 bits per heavy atom. The fraction of sp³-hybridized carbons (Fsp3) is 0.143. The van der Waals surface area contributed by atoms with E-state index >= 15 is 0 Å². The van der Waals surface area contributed by atoms with Gasteiger partial charge in [-0.05, 0) is 138 Å². The number of aryl methyl sites for hydroxylation is 1. The van der Waals surface area contributed by atoms with E-state index in [0.717, 1.165) is 107 Å². The summed E-state index contributed by atoms with van der Waals surface area (Å²) in [6, 6.07) is 50.7. The number of nitrogens with zero attached hydrogens (tertiary/aromatic N) is 3. The molecule has 13 rings (SSSR count). The molecule has 3 heterocycles. The first kappa shape index (κ1) is 40.3. The van der Waals surface area contributed by atoms with Crippen LogP contribution >= 0.6 is 0 Å². The molecule has 0 bridgehead atoms. The van der Waals surface area contributed by atoms with Crippen LogP contribution in [0.15, 0.2) is 226 Å². The Morgan fingerprint density at radius 3 is 2.18 bits per heavy atom. The topological polar surface area (TPSA) is 53.1 Å². The summed E-state index contributed by atoms with van der Waals surface area (Å²) in [6.45, 7) is 0. The summed E-state index contributed by atoms with van der Waals surface area (Å²) < 4.78 is 7.39. The Balaban J connectivity index is 1.02. The lowest BCUT2D eigenvalue weighted by Gasteiger charge is -2.27. The highest BCUT2D eigenvalue weighted by molar-refractivity contribution is 6.16. The minimum absolute atomic E-state index is 0.266. The molecule has 4 aliphatic carbocycles. The van der Waals surface area contributed by atoms with E-state index < -0.39 is 0 Å². The highest BCUT2D eigenvalue weighted by Crippen LogP contribution is 2.55. The normalized spacial score (nSPS) is 19.2. The van der Waals surface area contributed by atoms with E-state index in [9.17, 15) is 0 Å². The van der Waals surface area contributed by atoms with Crippen molar-refractivity contribution in [3.63, 3.8) is 0 Å². The second-order valence-electron chi connectivity index (χ2n) is 18.5. The summed E-state index contributed by atoms with van der Waals surface area (Å²) in [5.41, 5.74) is 19.7. The number of furan rings is 1. The lowest BCUT2D eigenvalue weighted by molar-refractivity contribution is 0.591. The van der Waals surface area contributed by atoms with Gasteiger partial charge in [0.25, 0.3) is 0 Å². The molecule has 6 aliphatic rings. The maximum absolute atomic E-state index is 7.39. The van der Waals surface area contributed by atoms with Crippen LogP contribution in [0.5, 0.6) is 0 Å². The van der Waals surface area contributed by atoms with Crippen LogP contribution in [0, 0.1) is 0 Å². The number of aliphatic imine (C=N–C) groups is 2. The fourth-order valence-corrected chi connectivity index (χ4v) is 11.1. The first-order chi connectivity index (χ1) is 33.7. The second-order valence-corrected chi connectivity index (χ2v) is 18.5. The third-order valence-corrected chi connectivity index (χ3v) is 14.4. The lowest BCUT2D eigenvalue weighted by atomic mass is 9.86. The van der Waals surface area contributed by atoms with E-state index in [1.54, 1.807) is 0 Å². The van der Waals surface area contributed by atoms with Crippen LogP contribution in [-0.4, -0.2) is 17.8 Å². The number of benzene rings is 6. The lowest BCUT2D eigenvalue weighted by Crippen LogP contribution is -2.40. The molecule has 5 heteroatoms. The van der Waals surface area contributed by atoms with E-state index in [2.05, 4.69) is 211 Å². The Morgan fingerprint density at radius 1 is 0.603 bits per heavy atom. The summed E-state index contributed by atoms with van der Waals surface area (Å²) >= 11 is 0. The van der Waals surface area contributed by atoms with E-state index in [1.165, 1.54) is 50.0 Å². The molecule has 6 aromatic carbocycles. The molecule has 2 aliphatic heterocycles. The molecule has 2 unspecified atom stereocenters. The molecule has 0 saturated carbocycles. The zero-order valence-electron chi connectivity index (χ0n) is 37.9. The minimum Gasteiger partial charge on any atom is -0.454 e. The van der Waals surface area contributed by atoms with Crippen molar-refractivity contribution in [1.82, 2.24) is 5.32 Å². The Labute approximate surface area is 398 Å². The Kier molecular flexibility index (Phi) is 10.1. The number of allylic oxidation sites excluding steroid dienone is 12. The van der Waals surface area contributed by atoms with Crippen LogP contribution in [-0.2, 0) is 6.42 Å².